The van der Waals surface area contributed by atoms with E-state index in [1.54, 1.807) is 26.2 Å². The highest BCUT2D eigenvalue weighted by molar-refractivity contribution is 8.03. The van der Waals surface area contributed by atoms with Crippen molar-refractivity contribution in [3.05, 3.63) is 23.8 Å². The molecular formula is C17H19F3N2O3S. The van der Waals surface area contributed by atoms with Crippen molar-refractivity contribution >= 4 is 17.9 Å². The molecule has 5 nitrogen and oxygen atoms in total. The Bertz CT molecular complexity index is 711. The number of hydrogen-bond acceptors (Lipinski definition) is 5. The molecule has 1 heterocycles. The average molecular weight is 388 g/mol. The molecule has 1 saturated heterocycles. The molecule has 9 heteroatoms. The normalized spacial score (nSPS) is 17.7. The van der Waals surface area contributed by atoms with Crippen molar-refractivity contribution < 1.29 is 27.4 Å². The Kier molecular flexibility index (Phi) is 5.96. The van der Waals surface area contributed by atoms with Gasteiger partial charge in [0.1, 0.15) is 22.9 Å². The first-order valence-corrected chi connectivity index (χ1v) is 8.72. The summed E-state index contributed by atoms with van der Waals surface area (Å²) >= 11 is 0.630. The van der Waals surface area contributed by atoms with Gasteiger partial charge in [0.25, 0.3) is 0 Å². The predicted octanol–water partition coefficient (Wildman–Crippen LogP) is 4.67. The van der Waals surface area contributed by atoms with Gasteiger partial charge in [0.05, 0.1) is 12.1 Å². The number of nitriles is 1. The van der Waals surface area contributed by atoms with Gasteiger partial charge in [-0.05, 0) is 50.7 Å². The largest absolute Gasteiger partial charge is 0.488 e. The highest BCUT2D eigenvalue weighted by Gasteiger charge is 2.33. The van der Waals surface area contributed by atoms with Crippen LogP contribution in [-0.2, 0) is 10.9 Å². The summed E-state index contributed by atoms with van der Waals surface area (Å²) in [6, 6.07) is 3.19. The second kappa shape index (κ2) is 7.66. The van der Waals surface area contributed by atoms with Gasteiger partial charge in [-0.3, -0.25) is 0 Å². The molecule has 0 spiro atoms. The van der Waals surface area contributed by atoms with Crippen LogP contribution in [0.2, 0.25) is 0 Å². The predicted molar refractivity (Wildman–Crippen MR) is 89.8 cm³/mol. The Labute approximate surface area is 154 Å². The maximum atomic E-state index is 13.0. The summed E-state index contributed by atoms with van der Waals surface area (Å²) in [5, 5.41) is 10.5. The quantitative estimate of drug-likeness (QED) is 0.556. The van der Waals surface area contributed by atoms with Gasteiger partial charge in [0.15, 0.2) is 0 Å². The van der Waals surface area contributed by atoms with Gasteiger partial charge in [0, 0.05) is 17.9 Å². The van der Waals surface area contributed by atoms with E-state index in [4.69, 9.17) is 14.7 Å². The van der Waals surface area contributed by atoms with Gasteiger partial charge < -0.3 is 14.4 Å². The first kappa shape index (κ1) is 20.2. The number of benzene rings is 1. The number of rotatable bonds is 3. The van der Waals surface area contributed by atoms with Gasteiger partial charge in [-0.15, -0.1) is 0 Å². The molecule has 2 rings (SSSR count). The second-order valence-electron chi connectivity index (χ2n) is 6.84. The zero-order valence-corrected chi connectivity index (χ0v) is 15.4. The number of ether oxygens (including phenoxy) is 2. The van der Waals surface area contributed by atoms with E-state index >= 15 is 0 Å². The lowest BCUT2D eigenvalue weighted by Crippen LogP contribution is -2.36. The Morgan fingerprint density at radius 3 is 2.58 bits per heavy atom. The van der Waals surface area contributed by atoms with Crippen LogP contribution < -0.4 is 4.74 Å². The third kappa shape index (κ3) is 5.73. The Morgan fingerprint density at radius 2 is 2.00 bits per heavy atom. The van der Waals surface area contributed by atoms with Crippen molar-refractivity contribution in [1.82, 2.24) is 4.90 Å². The summed E-state index contributed by atoms with van der Waals surface area (Å²) in [4.78, 5) is 13.7. The third-order valence-electron chi connectivity index (χ3n) is 3.47. The van der Waals surface area contributed by atoms with Crippen molar-refractivity contribution in [2.24, 2.45) is 0 Å². The van der Waals surface area contributed by atoms with Crippen LogP contribution in [0.1, 0.15) is 32.8 Å². The van der Waals surface area contributed by atoms with Crippen molar-refractivity contribution in [2.45, 2.75) is 50.0 Å². The molecule has 0 unspecified atom stereocenters. The molecule has 1 fully saturated rings. The highest BCUT2D eigenvalue weighted by atomic mass is 32.2. The van der Waals surface area contributed by atoms with E-state index in [1.165, 1.54) is 11.0 Å². The van der Waals surface area contributed by atoms with Gasteiger partial charge in [-0.2, -0.15) is 18.4 Å². The summed E-state index contributed by atoms with van der Waals surface area (Å²) in [5.74, 6) is 0.0219. The van der Waals surface area contributed by atoms with E-state index in [0.717, 1.165) is 12.1 Å². The van der Waals surface area contributed by atoms with E-state index in [0.29, 0.717) is 24.7 Å². The maximum absolute atomic E-state index is 13.0. The van der Waals surface area contributed by atoms with Crippen LogP contribution in [0.3, 0.4) is 0 Å². The standard InChI is InChI=1S/C17H19F3N2O3S/c1-16(2,3)25-15(23)22-5-4-12(9-22)24-13-6-11(17(18,19)20)7-14(8-13)26-10-21/h6-8,12H,4-5,9H2,1-3H3/t12-/m1/s1. The van der Waals surface area contributed by atoms with Crippen LogP contribution in [0.5, 0.6) is 5.75 Å². The molecule has 1 aromatic carbocycles. The average Bonchev–Trinajstić information content (AvgIpc) is 2.93. The molecule has 142 valence electrons. The minimum absolute atomic E-state index is 0.0219. The topological polar surface area (TPSA) is 62.6 Å². The van der Waals surface area contributed by atoms with Crippen LogP contribution in [0, 0.1) is 10.7 Å². The fraction of sp³-hybridized carbons (Fsp3) is 0.529. The van der Waals surface area contributed by atoms with Gasteiger partial charge >= 0.3 is 12.3 Å². The first-order valence-electron chi connectivity index (χ1n) is 7.91. The number of halogens is 3. The lowest BCUT2D eigenvalue weighted by atomic mass is 10.2. The third-order valence-corrected chi connectivity index (χ3v) is 4.03. The van der Waals surface area contributed by atoms with E-state index in [-0.39, 0.29) is 17.2 Å². The number of likely N-dealkylation sites (tertiary alicyclic amines) is 1. The molecule has 0 radical (unpaired) electrons. The van der Waals surface area contributed by atoms with E-state index in [2.05, 4.69) is 0 Å². The Balaban J connectivity index is 2.08. The number of amides is 1. The number of carbonyl (C=O) groups excluding carboxylic acids is 1. The van der Waals surface area contributed by atoms with E-state index in [1.807, 2.05) is 0 Å². The number of carbonyl (C=O) groups is 1. The first-order chi connectivity index (χ1) is 12.0. The van der Waals surface area contributed by atoms with Crippen LogP contribution >= 0.6 is 11.8 Å². The monoisotopic (exact) mass is 388 g/mol. The molecule has 0 N–H and O–H groups in total. The van der Waals surface area contributed by atoms with Gasteiger partial charge in [-0.25, -0.2) is 4.79 Å². The van der Waals surface area contributed by atoms with Crippen LogP contribution in [0.4, 0.5) is 18.0 Å². The Morgan fingerprint density at radius 1 is 1.31 bits per heavy atom. The number of thiocyanates is 1. The minimum atomic E-state index is -4.54. The van der Waals surface area contributed by atoms with Gasteiger partial charge in [-0.1, -0.05) is 0 Å². The zero-order valence-electron chi connectivity index (χ0n) is 14.6. The summed E-state index contributed by atoms with van der Waals surface area (Å²) in [6.45, 7) is 5.90. The fourth-order valence-corrected chi connectivity index (χ4v) is 2.89. The molecule has 0 aromatic heterocycles. The van der Waals surface area contributed by atoms with Crippen LogP contribution in [0.25, 0.3) is 0 Å². The SMILES string of the molecule is CC(C)(C)OC(=O)N1CC[C@@H](Oc2cc(SC#N)cc(C(F)(F)F)c2)C1. The number of hydrogen-bond donors (Lipinski definition) is 0. The summed E-state index contributed by atoms with van der Waals surface area (Å²) < 4.78 is 49.9. The highest BCUT2D eigenvalue weighted by Crippen LogP contribution is 2.36. The smallest absolute Gasteiger partial charge is 0.416 e. The van der Waals surface area contributed by atoms with Crippen molar-refractivity contribution in [3.8, 4) is 11.2 Å². The fourth-order valence-electron chi connectivity index (χ4n) is 2.42. The van der Waals surface area contributed by atoms with Crippen molar-refractivity contribution in [1.29, 1.82) is 5.26 Å². The lowest BCUT2D eigenvalue weighted by molar-refractivity contribution is -0.137. The summed E-state index contributed by atoms with van der Waals surface area (Å²) in [5.41, 5.74) is -1.50. The molecular weight excluding hydrogens is 369 g/mol. The Hall–Kier alpha value is -2.08. The van der Waals surface area contributed by atoms with Gasteiger partial charge in [0.2, 0.25) is 0 Å². The van der Waals surface area contributed by atoms with E-state index < -0.39 is 29.5 Å². The molecule has 1 aromatic rings. The molecule has 1 amide bonds. The van der Waals surface area contributed by atoms with Crippen LogP contribution in [-0.4, -0.2) is 35.8 Å². The van der Waals surface area contributed by atoms with E-state index in [9.17, 15) is 18.0 Å². The number of alkyl halides is 3. The zero-order chi connectivity index (χ0) is 19.5. The maximum Gasteiger partial charge on any atom is 0.416 e. The summed E-state index contributed by atoms with van der Waals surface area (Å²) in [7, 11) is 0. The molecule has 0 bridgehead atoms. The molecule has 0 saturated carbocycles. The van der Waals surface area contributed by atoms with Crippen molar-refractivity contribution in [2.75, 3.05) is 13.1 Å². The number of thioether (sulfide) groups is 1. The van der Waals surface area contributed by atoms with Crippen molar-refractivity contribution in [3.63, 3.8) is 0 Å². The molecule has 1 aliphatic heterocycles. The van der Waals surface area contributed by atoms with Crippen LogP contribution in [0.15, 0.2) is 23.1 Å². The molecule has 1 aliphatic rings. The minimum Gasteiger partial charge on any atom is -0.488 e. The molecule has 0 aliphatic carbocycles. The second-order valence-corrected chi connectivity index (χ2v) is 7.70. The lowest BCUT2D eigenvalue weighted by Gasteiger charge is -2.24. The molecule has 26 heavy (non-hydrogen) atoms. The number of nitrogens with zero attached hydrogens (tertiary/aromatic N) is 2. The summed E-state index contributed by atoms with van der Waals surface area (Å²) in [6.07, 6.45) is -4.97. The molecule has 1 atom stereocenters.